The zero-order chi connectivity index (χ0) is 25.8. The molecule has 0 aliphatic carbocycles. The fraction of sp³-hybridized carbons (Fsp3) is 0.500. The van der Waals surface area contributed by atoms with E-state index in [1.165, 1.54) is 4.88 Å². The molecule has 2 aliphatic heterocycles. The predicted molar refractivity (Wildman–Crippen MR) is 142 cm³/mol. The van der Waals surface area contributed by atoms with Crippen molar-refractivity contribution in [2.24, 2.45) is 0 Å². The largest absolute Gasteiger partial charge is 0.493 e. The van der Waals surface area contributed by atoms with Gasteiger partial charge in [0.2, 0.25) is 0 Å². The van der Waals surface area contributed by atoms with E-state index in [4.69, 9.17) is 19.2 Å². The number of hydrogen-bond acceptors (Lipinski definition) is 6. The van der Waals surface area contributed by atoms with Gasteiger partial charge in [0.25, 0.3) is 5.91 Å². The van der Waals surface area contributed by atoms with E-state index in [-0.39, 0.29) is 17.6 Å². The van der Waals surface area contributed by atoms with E-state index in [9.17, 15) is 4.79 Å². The molecule has 0 radical (unpaired) electrons. The van der Waals surface area contributed by atoms with Gasteiger partial charge in [0.15, 0.2) is 23.0 Å². The summed E-state index contributed by atoms with van der Waals surface area (Å²) in [6.07, 6.45) is 1.53. The van der Waals surface area contributed by atoms with Crippen molar-refractivity contribution >= 4 is 17.2 Å². The maximum atomic E-state index is 14.0. The van der Waals surface area contributed by atoms with Crippen molar-refractivity contribution in [1.29, 1.82) is 0 Å². The number of ether oxygens (including phenoxy) is 3. The third kappa shape index (κ3) is 4.20. The number of carbonyl (C=O) groups is 1. The Balaban J connectivity index is 1.73. The van der Waals surface area contributed by atoms with E-state index < -0.39 is 0 Å². The molecule has 36 heavy (non-hydrogen) atoms. The molecule has 1 saturated heterocycles. The van der Waals surface area contributed by atoms with Crippen LogP contribution in [0.5, 0.6) is 11.5 Å². The summed E-state index contributed by atoms with van der Waals surface area (Å²) in [5.41, 5.74) is 4.43. The van der Waals surface area contributed by atoms with Crippen LogP contribution in [0, 0.1) is 13.8 Å². The first-order valence-electron chi connectivity index (χ1n) is 12.6. The zero-order valence-corrected chi connectivity index (χ0v) is 23.0. The molecule has 0 atom stereocenters. The van der Waals surface area contributed by atoms with Crippen LogP contribution in [0.25, 0.3) is 16.4 Å². The molecule has 0 spiro atoms. The first kappa shape index (κ1) is 24.8. The number of benzene rings is 1. The number of hydrogen-bond donors (Lipinski definition) is 0. The predicted octanol–water partition coefficient (Wildman–Crippen LogP) is 5.36. The SMILES string of the molecule is COc1cc2c(cc1OC(C)C)-n1c(-c3sc(C)cc3C)nc(C(=O)N3CCOCC3(C)C)c1CC2. The third-order valence-electron chi connectivity index (χ3n) is 6.91. The molecule has 0 bridgehead atoms. The highest BCUT2D eigenvalue weighted by Crippen LogP contribution is 2.42. The maximum absolute atomic E-state index is 14.0. The van der Waals surface area contributed by atoms with Crippen molar-refractivity contribution in [2.75, 3.05) is 26.9 Å². The first-order valence-corrected chi connectivity index (χ1v) is 13.4. The van der Waals surface area contributed by atoms with Crippen molar-refractivity contribution in [1.82, 2.24) is 14.5 Å². The van der Waals surface area contributed by atoms with E-state index in [2.05, 4.69) is 44.4 Å². The van der Waals surface area contributed by atoms with E-state index in [0.29, 0.717) is 31.2 Å². The van der Waals surface area contributed by atoms with Crippen molar-refractivity contribution < 1.29 is 19.0 Å². The van der Waals surface area contributed by atoms with Gasteiger partial charge in [0.1, 0.15) is 0 Å². The summed E-state index contributed by atoms with van der Waals surface area (Å²) in [6, 6.07) is 6.29. The quantitative estimate of drug-likeness (QED) is 0.463. The van der Waals surface area contributed by atoms with Gasteiger partial charge in [-0.1, -0.05) is 0 Å². The van der Waals surface area contributed by atoms with Gasteiger partial charge in [0, 0.05) is 17.5 Å². The van der Waals surface area contributed by atoms with Crippen LogP contribution in [0.1, 0.15) is 59.9 Å². The van der Waals surface area contributed by atoms with Gasteiger partial charge >= 0.3 is 0 Å². The molecule has 8 heteroatoms. The minimum Gasteiger partial charge on any atom is -0.493 e. The molecular formula is C28H35N3O4S. The van der Waals surface area contributed by atoms with Gasteiger partial charge in [-0.25, -0.2) is 4.98 Å². The fourth-order valence-electron chi connectivity index (χ4n) is 5.25. The summed E-state index contributed by atoms with van der Waals surface area (Å²) in [5, 5.41) is 0. The molecule has 0 saturated carbocycles. The van der Waals surface area contributed by atoms with Crippen LogP contribution in [-0.4, -0.2) is 58.9 Å². The molecule has 4 heterocycles. The minimum atomic E-state index is -0.389. The molecule has 7 nitrogen and oxygen atoms in total. The number of fused-ring (bicyclic) bond motifs is 3. The Morgan fingerprint density at radius 1 is 1.17 bits per heavy atom. The lowest BCUT2D eigenvalue weighted by molar-refractivity contribution is -0.0373. The highest BCUT2D eigenvalue weighted by Gasteiger charge is 2.38. The van der Waals surface area contributed by atoms with Gasteiger partial charge < -0.3 is 19.1 Å². The molecule has 1 fully saturated rings. The molecule has 3 aromatic rings. The Morgan fingerprint density at radius 2 is 1.94 bits per heavy atom. The van der Waals surface area contributed by atoms with Crippen LogP contribution >= 0.6 is 11.3 Å². The van der Waals surface area contributed by atoms with E-state index >= 15 is 0 Å². The van der Waals surface area contributed by atoms with Gasteiger partial charge in [-0.2, -0.15) is 0 Å². The summed E-state index contributed by atoms with van der Waals surface area (Å²) < 4.78 is 19.6. The van der Waals surface area contributed by atoms with Crippen molar-refractivity contribution in [2.45, 2.75) is 66.0 Å². The summed E-state index contributed by atoms with van der Waals surface area (Å²) in [6.45, 7) is 14.0. The number of aryl methyl sites for hydroxylation is 3. The normalized spacial score (nSPS) is 16.6. The number of carbonyl (C=O) groups excluding carboxylic acids is 1. The smallest absolute Gasteiger partial charge is 0.274 e. The molecule has 0 unspecified atom stereocenters. The van der Waals surface area contributed by atoms with E-state index in [1.54, 1.807) is 18.4 Å². The van der Waals surface area contributed by atoms with Crippen LogP contribution in [0.3, 0.4) is 0 Å². The number of thiophene rings is 1. The van der Waals surface area contributed by atoms with Crippen LogP contribution in [0.4, 0.5) is 0 Å². The fourth-order valence-corrected chi connectivity index (χ4v) is 6.26. The van der Waals surface area contributed by atoms with E-state index in [1.807, 2.05) is 24.8 Å². The average molecular weight is 510 g/mol. The Bertz CT molecular complexity index is 1320. The standard InChI is InChI=1S/C28H35N3O4S/c1-16(2)35-23-14-21-19(13-22(23)33-7)8-9-20-24(27(32)30-10-11-34-15-28(30,5)6)29-26(31(20)21)25-17(3)12-18(4)36-25/h12-14,16H,8-11,15H2,1-7H3. The minimum absolute atomic E-state index is 0.00477. The number of rotatable bonds is 5. The third-order valence-corrected chi connectivity index (χ3v) is 8.06. The molecule has 5 rings (SSSR count). The second-order valence-corrected chi connectivity index (χ2v) is 11.8. The van der Waals surface area contributed by atoms with Gasteiger partial charge in [0.05, 0.1) is 48.2 Å². The van der Waals surface area contributed by atoms with Gasteiger partial charge in [-0.3, -0.25) is 9.36 Å². The number of nitrogens with zero attached hydrogens (tertiary/aromatic N) is 3. The Hall–Kier alpha value is -2.84. The highest BCUT2D eigenvalue weighted by molar-refractivity contribution is 7.15. The summed E-state index contributed by atoms with van der Waals surface area (Å²) in [5.74, 6) is 2.21. The Labute approximate surface area is 217 Å². The topological polar surface area (TPSA) is 65.8 Å². The van der Waals surface area contributed by atoms with Crippen LogP contribution in [0.2, 0.25) is 0 Å². The molecule has 0 N–H and O–H groups in total. The Kier molecular flexibility index (Phi) is 6.37. The lowest BCUT2D eigenvalue weighted by Crippen LogP contribution is -2.55. The van der Waals surface area contributed by atoms with Crippen LogP contribution in [-0.2, 0) is 17.6 Å². The van der Waals surface area contributed by atoms with Crippen molar-refractivity contribution in [3.05, 3.63) is 45.6 Å². The number of amides is 1. The van der Waals surface area contributed by atoms with E-state index in [0.717, 1.165) is 51.8 Å². The number of morpholine rings is 1. The number of methoxy groups -OCH3 is 1. The lowest BCUT2D eigenvalue weighted by Gasteiger charge is -2.41. The molecule has 1 aromatic carbocycles. The van der Waals surface area contributed by atoms with Gasteiger partial charge in [-0.15, -0.1) is 11.3 Å². The van der Waals surface area contributed by atoms with Gasteiger partial charge in [-0.05, 0) is 77.6 Å². The zero-order valence-electron chi connectivity index (χ0n) is 22.2. The monoisotopic (exact) mass is 509 g/mol. The molecule has 192 valence electrons. The summed E-state index contributed by atoms with van der Waals surface area (Å²) in [7, 11) is 1.67. The molecular weight excluding hydrogens is 474 g/mol. The van der Waals surface area contributed by atoms with Crippen LogP contribution < -0.4 is 9.47 Å². The summed E-state index contributed by atoms with van der Waals surface area (Å²) in [4.78, 5) is 23.3. The second kappa shape index (κ2) is 9.23. The second-order valence-electron chi connectivity index (χ2n) is 10.6. The number of aromatic nitrogens is 2. The maximum Gasteiger partial charge on any atom is 0.274 e. The molecule has 1 amide bonds. The molecule has 2 aromatic heterocycles. The average Bonchev–Trinajstić information content (AvgIpc) is 3.36. The number of imidazole rings is 1. The molecule has 2 aliphatic rings. The highest BCUT2D eigenvalue weighted by atomic mass is 32.1. The Morgan fingerprint density at radius 3 is 2.58 bits per heavy atom. The van der Waals surface area contributed by atoms with Crippen LogP contribution in [0.15, 0.2) is 18.2 Å². The van der Waals surface area contributed by atoms with Crippen molar-refractivity contribution in [3.8, 4) is 27.9 Å². The summed E-state index contributed by atoms with van der Waals surface area (Å²) >= 11 is 1.71. The first-order chi connectivity index (χ1) is 17.1. The lowest BCUT2D eigenvalue weighted by atomic mass is 9.98. The van der Waals surface area contributed by atoms with Crippen molar-refractivity contribution in [3.63, 3.8) is 0 Å².